The zero-order valence-corrected chi connectivity index (χ0v) is 14.0. The molecule has 0 saturated carbocycles. The van der Waals surface area contributed by atoms with Gasteiger partial charge in [-0.25, -0.2) is 4.98 Å². The maximum Gasteiger partial charge on any atom is 0.0926 e. The number of H-pyrrole nitrogens is 1. The molecule has 0 amide bonds. The average Bonchev–Trinajstić information content (AvgIpc) is 3.13. The first-order chi connectivity index (χ1) is 11.2. The van der Waals surface area contributed by atoms with Gasteiger partial charge in [0.05, 0.1) is 28.8 Å². The summed E-state index contributed by atoms with van der Waals surface area (Å²) in [6.45, 7) is 5.22. The molecule has 0 fully saturated rings. The molecule has 2 aromatic heterocycles. The molecular formula is C18H19ClN4. The maximum atomic E-state index is 6.41. The van der Waals surface area contributed by atoms with Gasteiger partial charge < -0.3 is 14.9 Å². The van der Waals surface area contributed by atoms with Gasteiger partial charge in [0.25, 0.3) is 0 Å². The van der Waals surface area contributed by atoms with Crippen molar-refractivity contribution in [1.29, 1.82) is 0 Å². The number of aryl methyl sites for hydroxylation is 1. The molecule has 0 aliphatic carbocycles. The minimum Gasteiger partial charge on any atom is -0.348 e. The number of aromatic nitrogens is 3. The van der Waals surface area contributed by atoms with Crippen LogP contribution in [0.15, 0.2) is 36.7 Å². The third-order valence-electron chi connectivity index (χ3n) is 4.62. The Kier molecular flexibility index (Phi) is 3.51. The van der Waals surface area contributed by atoms with Crippen molar-refractivity contribution >= 4 is 11.6 Å². The van der Waals surface area contributed by atoms with Crippen LogP contribution in [0, 0.1) is 13.8 Å². The highest BCUT2D eigenvalue weighted by atomic mass is 35.5. The van der Waals surface area contributed by atoms with Crippen LogP contribution >= 0.6 is 11.6 Å². The molecule has 0 bridgehead atoms. The average molecular weight is 327 g/mol. The van der Waals surface area contributed by atoms with Crippen LogP contribution in [0.4, 0.5) is 0 Å². The van der Waals surface area contributed by atoms with E-state index in [1.807, 2.05) is 18.2 Å². The molecule has 23 heavy (non-hydrogen) atoms. The van der Waals surface area contributed by atoms with Gasteiger partial charge in [-0.05, 0) is 37.6 Å². The van der Waals surface area contributed by atoms with Crippen molar-refractivity contribution < 1.29 is 0 Å². The molecule has 1 aliphatic rings. The second-order valence-corrected chi connectivity index (χ2v) is 6.42. The van der Waals surface area contributed by atoms with Crippen molar-refractivity contribution in [2.24, 2.45) is 0 Å². The largest absolute Gasteiger partial charge is 0.348 e. The number of benzene rings is 1. The van der Waals surface area contributed by atoms with E-state index in [9.17, 15) is 0 Å². The van der Waals surface area contributed by atoms with Crippen molar-refractivity contribution in [3.8, 4) is 5.69 Å². The van der Waals surface area contributed by atoms with Crippen molar-refractivity contribution in [2.75, 3.05) is 6.54 Å². The minimum absolute atomic E-state index is 0.132. The molecule has 1 aliphatic heterocycles. The summed E-state index contributed by atoms with van der Waals surface area (Å²) < 4.78 is 2.22. The molecule has 2 N–H and O–H groups in total. The molecule has 3 heterocycles. The Labute approximate surface area is 140 Å². The standard InChI is InChI=1S/C18H19ClN4/c1-11-9-13(17-18-15(7-8-20-17)21-10-22-18)12(2)23(11)16-6-4-3-5-14(16)19/h3-6,9-10,17,20H,7-8H2,1-2H3,(H,21,22). The Morgan fingerprint density at radius 1 is 1.26 bits per heavy atom. The first-order valence-corrected chi connectivity index (χ1v) is 8.24. The van der Waals surface area contributed by atoms with E-state index in [1.54, 1.807) is 6.33 Å². The Bertz CT molecular complexity index is 862. The van der Waals surface area contributed by atoms with Crippen molar-refractivity contribution in [3.63, 3.8) is 0 Å². The molecule has 1 atom stereocenters. The lowest BCUT2D eigenvalue weighted by Gasteiger charge is -2.23. The lowest BCUT2D eigenvalue weighted by atomic mass is 9.98. The first kappa shape index (κ1) is 14.5. The highest BCUT2D eigenvalue weighted by Crippen LogP contribution is 2.33. The monoisotopic (exact) mass is 326 g/mol. The molecule has 0 saturated heterocycles. The third-order valence-corrected chi connectivity index (χ3v) is 4.94. The van der Waals surface area contributed by atoms with E-state index in [-0.39, 0.29) is 6.04 Å². The Morgan fingerprint density at radius 3 is 2.91 bits per heavy atom. The van der Waals surface area contributed by atoms with Crippen molar-refractivity contribution in [1.82, 2.24) is 19.9 Å². The number of nitrogens with one attached hydrogen (secondary N) is 2. The maximum absolute atomic E-state index is 6.41. The number of hydrogen-bond acceptors (Lipinski definition) is 2. The summed E-state index contributed by atoms with van der Waals surface area (Å²) in [7, 11) is 0. The zero-order valence-electron chi connectivity index (χ0n) is 13.2. The van der Waals surface area contributed by atoms with E-state index in [2.05, 4.69) is 45.8 Å². The predicted octanol–water partition coefficient (Wildman–Crippen LogP) is 3.71. The van der Waals surface area contributed by atoms with Crippen LogP contribution in [0.1, 0.15) is 34.4 Å². The third kappa shape index (κ3) is 2.30. The van der Waals surface area contributed by atoms with Crippen molar-refractivity contribution in [2.45, 2.75) is 26.3 Å². The van der Waals surface area contributed by atoms with Gasteiger partial charge in [-0.1, -0.05) is 23.7 Å². The van der Waals surface area contributed by atoms with Gasteiger partial charge in [0, 0.05) is 30.0 Å². The number of nitrogens with zero attached hydrogens (tertiary/aromatic N) is 2. The molecule has 1 unspecified atom stereocenters. The molecule has 5 heteroatoms. The van der Waals surface area contributed by atoms with Crippen LogP contribution < -0.4 is 5.32 Å². The van der Waals surface area contributed by atoms with Gasteiger partial charge in [-0.3, -0.25) is 0 Å². The number of hydrogen-bond donors (Lipinski definition) is 2. The molecule has 4 rings (SSSR count). The number of fused-ring (bicyclic) bond motifs is 1. The number of rotatable bonds is 2. The fraction of sp³-hybridized carbons (Fsp3) is 0.278. The summed E-state index contributed by atoms with van der Waals surface area (Å²) in [4.78, 5) is 7.79. The first-order valence-electron chi connectivity index (χ1n) is 7.86. The molecule has 3 aromatic rings. The molecule has 0 spiro atoms. The van der Waals surface area contributed by atoms with E-state index in [1.165, 1.54) is 22.6 Å². The highest BCUT2D eigenvalue weighted by molar-refractivity contribution is 6.32. The summed E-state index contributed by atoms with van der Waals surface area (Å²) in [5, 5.41) is 4.36. The molecule has 4 nitrogen and oxygen atoms in total. The lowest BCUT2D eigenvalue weighted by Crippen LogP contribution is -2.31. The van der Waals surface area contributed by atoms with E-state index < -0.39 is 0 Å². The van der Waals surface area contributed by atoms with Gasteiger partial charge in [-0.2, -0.15) is 0 Å². The summed E-state index contributed by atoms with van der Waals surface area (Å²) in [5.74, 6) is 0. The van der Waals surface area contributed by atoms with Crippen molar-refractivity contribution in [3.05, 3.63) is 70.0 Å². The lowest BCUT2D eigenvalue weighted by molar-refractivity contribution is 0.551. The molecular weight excluding hydrogens is 308 g/mol. The topological polar surface area (TPSA) is 45.6 Å². The summed E-state index contributed by atoms with van der Waals surface area (Å²) >= 11 is 6.41. The molecule has 0 radical (unpaired) electrons. The number of halogens is 1. The smallest absolute Gasteiger partial charge is 0.0926 e. The summed E-state index contributed by atoms with van der Waals surface area (Å²) in [6, 6.07) is 10.3. The number of aromatic amines is 1. The van der Waals surface area contributed by atoms with Crippen LogP contribution in [0.25, 0.3) is 5.69 Å². The SMILES string of the molecule is Cc1cc(C2NCCc3[nH]cnc32)c(C)n1-c1ccccc1Cl. The van der Waals surface area contributed by atoms with Gasteiger partial charge in [0.15, 0.2) is 0 Å². The molecule has 118 valence electrons. The summed E-state index contributed by atoms with van der Waals surface area (Å²) in [5.41, 5.74) is 7.00. The Hall–Kier alpha value is -2.04. The van der Waals surface area contributed by atoms with Gasteiger partial charge in [-0.15, -0.1) is 0 Å². The Balaban J connectivity index is 1.85. The van der Waals surface area contributed by atoms with Crippen LogP contribution in [0.2, 0.25) is 5.02 Å². The van der Waals surface area contributed by atoms with E-state index in [0.29, 0.717) is 0 Å². The van der Waals surface area contributed by atoms with E-state index >= 15 is 0 Å². The zero-order chi connectivity index (χ0) is 16.0. The fourth-order valence-electron chi connectivity index (χ4n) is 3.56. The fourth-order valence-corrected chi connectivity index (χ4v) is 3.78. The van der Waals surface area contributed by atoms with E-state index in [4.69, 9.17) is 11.6 Å². The van der Waals surface area contributed by atoms with Crippen LogP contribution in [0.3, 0.4) is 0 Å². The summed E-state index contributed by atoms with van der Waals surface area (Å²) in [6.07, 6.45) is 2.78. The molecule has 1 aromatic carbocycles. The predicted molar refractivity (Wildman–Crippen MR) is 92.4 cm³/mol. The minimum atomic E-state index is 0.132. The second-order valence-electron chi connectivity index (χ2n) is 6.02. The van der Waals surface area contributed by atoms with E-state index in [0.717, 1.165) is 29.4 Å². The number of imidazole rings is 1. The van der Waals surface area contributed by atoms with Crippen LogP contribution in [0.5, 0.6) is 0 Å². The quantitative estimate of drug-likeness (QED) is 0.754. The highest BCUT2D eigenvalue weighted by Gasteiger charge is 2.27. The second kappa shape index (κ2) is 5.55. The Morgan fingerprint density at radius 2 is 2.09 bits per heavy atom. The van der Waals surface area contributed by atoms with Gasteiger partial charge in [0.1, 0.15) is 0 Å². The van der Waals surface area contributed by atoms with Gasteiger partial charge in [0.2, 0.25) is 0 Å². The van der Waals surface area contributed by atoms with Crippen LogP contribution in [-0.2, 0) is 6.42 Å². The van der Waals surface area contributed by atoms with Gasteiger partial charge >= 0.3 is 0 Å². The van der Waals surface area contributed by atoms with Crippen LogP contribution in [-0.4, -0.2) is 21.1 Å². The number of para-hydroxylation sites is 1. The normalized spacial score (nSPS) is 17.3.